The van der Waals surface area contributed by atoms with Gasteiger partial charge in [0.2, 0.25) is 0 Å². The highest BCUT2D eigenvalue weighted by Gasteiger charge is 2.14. The molecular weight excluding hydrogens is 206 g/mol. The van der Waals surface area contributed by atoms with Crippen LogP contribution in [0.2, 0.25) is 0 Å². The van der Waals surface area contributed by atoms with E-state index in [9.17, 15) is 4.79 Å². The number of aromatic nitrogens is 1. The van der Waals surface area contributed by atoms with Crippen LogP contribution in [-0.2, 0) is 4.74 Å². The van der Waals surface area contributed by atoms with E-state index < -0.39 is 5.91 Å². The summed E-state index contributed by atoms with van der Waals surface area (Å²) in [6, 6.07) is 3.46. The zero-order valence-electron chi connectivity index (χ0n) is 8.98. The van der Waals surface area contributed by atoms with Gasteiger partial charge in [-0.05, 0) is 25.0 Å². The van der Waals surface area contributed by atoms with Crippen LogP contribution in [-0.4, -0.2) is 30.1 Å². The zero-order valence-corrected chi connectivity index (χ0v) is 8.98. The molecule has 1 saturated heterocycles. The van der Waals surface area contributed by atoms with E-state index in [0.29, 0.717) is 0 Å². The van der Waals surface area contributed by atoms with Crippen molar-refractivity contribution in [3.05, 3.63) is 24.0 Å². The first-order chi connectivity index (χ1) is 7.75. The molecule has 0 spiro atoms. The molecule has 1 aliphatic heterocycles. The van der Waals surface area contributed by atoms with Gasteiger partial charge >= 0.3 is 0 Å². The molecule has 0 bridgehead atoms. The minimum Gasteiger partial charge on any atom is -0.382 e. The first kappa shape index (κ1) is 10.9. The fourth-order valence-corrected chi connectivity index (χ4v) is 1.71. The van der Waals surface area contributed by atoms with Gasteiger partial charge in [-0.2, -0.15) is 0 Å². The van der Waals surface area contributed by atoms with Crippen LogP contribution in [0.1, 0.15) is 23.3 Å². The van der Waals surface area contributed by atoms with Crippen molar-refractivity contribution in [1.82, 2.24) is 4.98 Å². The third kappa shape index (κ3) is 2.70. The van der Waals surface area contributed by atoms with Crippen LogP contribution in [0.25, 0.3) is 0 Å². The smallest absolute Gasteiger partial charge is 0.267 e. The Morgan fingerprint density at radius 3 is 3.25 bits per heavy atom. The SMILES string of the molecule is NC(=O)c1cc(NCC2CCCO2)ccn1. The molecule has 1 amide bonds. The molecule has 0 saturated carbocycles. The molecule has 1 aliphatic rings. The predicted octanol–water partition coefficient (Wildman–Crippen LogP) is 0.771. The second-order valence-electron chi connectivity index (χ2n) is 3.81. The standard InChI is InChI=1S/C11H15N3O2/c12-11(15)10-6-8(3-4-13-10)14-7-9-2-1-5-16-9/h3-4,6,9H,1-2,5,7H2,(H2,12,15)(H,13,14). The summed E-state index contributed by atoms with van der Waals surface area (Å²) in [6.07, 6.45) is 4.04. The van der Waals surface area contributed by atoms with Crippen molar-refractivity contribution in [1.29, 1.82) is 0 Å². The summed E-state index contributed by atoms with van der Waals surface area (Å²) in [5, 5.41) is 3.21. The average Bonchev–Trinajstić information content (AvgIpc) is 2.79. The lowest BCUT2D eigenvalue weighted by atomic mass is 10.2. The minimum absolute atomic E-state index is 0.269. The Labute approximate surface area is 94.0 Å². The van der Waals surface area contributed by atoms with Gasteiger partial charge < -0.3 is 15.8 Å². The molecular formula is C11H15N3O2. The quantitative estimate of drug-likeness (QED) is 0.787. The first-order valence-electron chi connectivity index (χ1n) is 5.37. The van der Waals surface area contributed by atoms with E-state index in [-0.39, 0.29) is 11.8 Å². The van der Waals surface area contributed by atoms with Gasteiger partial charge in [-0.15, -0.1) is 0 Å². The molecule has 5 nitrogen and oxygen atoms in total. The van der Waals surface area contributed by atoms with Crippen molar-refractivity contribution >= 4 is 11.6 Å². The number of ether oxygens (including phenoxy) is 1. The number of rotatable bonds is 4. The molecule has 1 fully saturated rings. The summed E-state index contributed by atoms with van der Waals surface area (Å²) in [5.41, 5.74) is 6.27. The van der Waals surface area contributed by atoms with Crippen LogP contribution in [0, 0.1) is 0 Å². The van der Waals surface area contributed by atoms with Crippen molar-refractivity contribution < 1.29 is 9.53 Å². The van der Waals surface area contributed by atoms with Crippen molar-refractivity contribution in [2.24, 2.45) is 5.73 Å². The molecule has 16 heavy (non-hydrogen) atoms. The van der Waals surface area contributed by atoms with E-state index in [1.54, 1.807) is 18.3 Å². The van der Waals surface area contributed by atoms with Crippen molar-refractivity contribution in [2.75, 3.05) is 18.5 Å². The summed E-state index contributed by atoms with van der Waals surface area (Å²) in [6.45, 7) is 1.59. The molecule has 0 radical (unpaired) electrons. The number of anilines is 1. The topological polar surface area (TPSA) is 77.2 Å². The van der Waals surface area contributed by atoms with Gasteiger partial charge in [0.05, 0.1) is 6.10 Å². The lowest BCUT2D eigenvalue weighted by Crippen LogP contribution is -2.19. The summed E-state index contributed by atoms with van der Waals surface area (Å²) >= 11 is 0. The molecule has 5 heteroatoms. The molecule has 86 valence electrons. The number of nitrogens with one attached hydrogen (secondary N) is 1. The van der Waals surface area contributed by atoms with E-state index in [0.717, 1.165) is 31.7 Å². The summed E-state index contributed by atoms with van der Waals surface area (Å²) in [7, 11) is 0. The maximum atomic E-state index is 10.9. The second kappa shape index (κ2) is 4.94. The zero-order chi connectivity index (χ0) is 11.4. The third-order valence-electron chi connectivity index (χ3n) is 2.57. The molecule has 2 rings (SSSR count). The Morgan fingerprint density at radius 2 is 2.56 bits per heavy atom. The predicted molar refractivity (Wildman–Crippen MR) is 60.2 cm³/mol. The van der Waals surface area contributed by atoms with Gasteiger partial charge in [-0.1, -0.05) is 0 Å². The Morgan fingerprint density at radius 1 is 1.69 bits per heavy atom. The van der Waals surface area contributed by atoms with Gasteiger partial charge in [0.15, 0.2) is 0 Å². The Balaban J connectivity index is 1.93. The van der Waals surface area contributed by atoms with Crippen LogP contribution in [0.15, 0.2) is 18.3 Å². The van der Waals surface area contributed by atoms with Crippen molar-refractivity contribution in [2.45, 2.75) is 18.9 Å². The highest BCUT2D eigenvalue weighted by Crippen LogP contribution is 2.14. The molecule has 1 aromatic heterocycles. The third-order valence-corrected chi connectivity index (χ3v) is 2.57. The van der Waals surface area contributed by atoms with Crippen LogP contribution < -0.4 is 11.1 Å². The maximum Gasteiger partial charge on any atom is 0.267 e. The maximum absolute atomic E-state index is 10.9. The van der Waals surface area contributed by atoms with Crippen molar-refractivity contribution in [3.63, 3.8) is 0 Å². The number of nitrogens with zero attached hydrogens (tertiary/aromatic N) is 1. The monoisotopic (exact) mass is 221 g/mol. The molecule has 2 heterocycles. The molecule has 0 aliphatic carbocycles. The van der Waals surface area contributed by atoms with E-state index >= 15 is 0 Å². The Kier molecular flexibility index (Phi) is 3.36. The van der Waals surface area contributed by atoms with E-state index in [1.165, 1.54) is 0 Å². The van der Waals surface area contributed by atoms with Gasteiger partial charge in [-0.25, -0.2) is 0 Å². The lowest BCUT2D eigenvalue weighted by Gasteiger charge is -2.11. The molecule has 1 atom stereocenters. The van der Waals surface area contributed by atoms with Gasteiger partial charge in [-0.3, -0.25) is 9.78 Å². The van der Waals surface area contributed by atoms with Crippen LogP contribution >= 0.6 is 0 Å². The second-order valence-corrected chi connectivity index (χ2v) is 3.81. The van der Waals surface area contributed by atoms with Crippen LogP contribution in [0.3, 0.4) is 0 Å². The summed E-state index contributed by atoms with van der Waals surface area (Å²) < 4.78 is 5.48. The number of carbonyl (C=O) groups excluding carboxylic acids is 1. The summed E-state index contributed by atoms with van der Waals surface area (Å²) in [5.74, 6) is -0.513. The number of primary amides is 1. The number of amides is 1. The van der Waals surface area contributed by atoms with Gasteiger partial charge in [0.1, 0.15) is 5.69 Å². The molecule has 3 N–H and O–H groups in total. The molecule has 1 aromatic rings. The highest BCUT2D eigenvalue weighted by molar-refractivity contribution is 5.91. The Hall–Kier alpha value is -1.62. The van der Waals surface area contributed by atoms with E-state index in [1.807, 2.05) is 0 Å². The van der Waals surface area contributed by atoms with Crippen LogP contribution in [0.5, 0.6) is 0 Å². The highest BCUT2D eigenvalue weighted by atomic mass is 16.5. The van der Waals surface area contributed by atoms with Crippen molar-refractivity contribution in [3.8, 4) is 0 Å². The largest absolute Gasteiger partial charge is 0.382 e. The van der Waals surface area contributed by atoms with Crippen LogP contribution in [0.4, 0.5) is 5.69 Å². The number of hydrogen-bond acceptors (Lipinski definition) is 4. The number of pyridine rings is 1. The Bertz CT molecular complexity index is 375. The molecule has 1 unspecified atom stereocenters. The normalized spacial score (nSPS) is 19.6. The lowest BCUT2D eigenvalue weighted by molar-refractivity contribution is 0.0995. The van der Waals surface area contributed by atoms with Gasteiger partial charge in [0.25, 0.3) is 5.91 Å². The number of carbonyl (C=O) groups is 1. The minimum atomic E-state index is -0.513. The fourth-order valence-electron chi connectivity index (χ4n) is 1.71. The number of nitrogens with two attached hydrogens (primary N) is 1. The average molecular weight is 221 g/mol. The fraction of sp³-hybridized carbons (Fsp3) is 0.455. The summed E-state index contributed by atoms with van der Waals surface area (Å²) in [4.78, 5) is 14.8. The van der Waals surface area contributed by atoms with E-state index in [4.69, 9.17) is 10.5 Å². The van der Waals surface area contributed by atoms with Gasteiger partial charge in [0, 0.05) is 25.0 Å². The first-order valence-corrected chi connectivity index (χ1v) is 5.37. The molecule has 0 aromatic carbocycles. The number of hydrogen-bond donors (Lipinski definition) is 2. The van der Waals surface area contributed by atoms with E-state index in [2.05, 4.69) is 10.3 Å².